The van der Waals surface area contributed by atoms with E-state index in [4.69, 9.17) is 4.74 Å². The Hall–Kier alpha value is -2.01. The number of hydrogen-bond donors (Lipinski definition) is 2. The van der Waals surface area contributed by atoms with Gasteiger partial charge in [0, 0.05) is 11.4 Å². The molecule has 0 spiro atoms. The molecule has 2 rings (SSSR count). The number of carbonyl (C=O) groups excluding carboxylic acids is 1. The van der Waals surface area contributed by atoms with Gasteiger partial charge in [-0.25, -0.2) is 4.79 Å². The second kappa shape index (κ2) is 6.96. The number of amides is 2. The molecule has 2 aromatic rings. The average molecular weight is 290 g/mol. The molecule has 1 unspecified atom stereocenters. The van der Waals surface area contributed by atoms with Crippen LogP contribution in [0.2, 0.25) is 0 Å². The number of thiophene rings is 1. The van der Waals surface area contributed by atoms with E-state index in [0.717, 1.165) is 16.2 Å². The normalized spacial score (nSPS) is 11.7. The summed E-state index contributed by atoms with van der Waals surface area (Å²) in [5.41, 5.74) is 1.03. The van der Waals surface area contributed by atoms with Gasteiger partial charge < -0.3 is 15.4 Å². The van der Waals surface area contributed by atoms with Crippen LogP contribution in [0.15, 0.2) is 41.8 Å². The molecular weight excluding hydrogens is 272 g/mol. The molecule has 2 N–H and O–H groups in total. The smallest absolute Gasteiger partial charge is 0.315 e. The summed E-state index contributed by atoms with van der Waals surface area (Å²) >= 11 is 1.64. The van der Waals surface area contributed by atoms with Crippen molar-refractivity contribution in [2.24, 2.45) is 0 Å². The van der Waals surface area contributed by atoms with Crippen LogP contribution in [0.4, 0.5) is 4.79 Å². The van der Waals surface area contributed by atoms with Crippen molar-refractivity contribution >= 4 is 17.4 Å². The number of rotatable bonds is 5. The first-order valence-electron chi connectivity index (χ1n) is 6.39. The van der Waals surface area contributed by atoms with Crippen molar-refractivity contribution < 1.29 is 9.53 Å². The van der Waals surface area contributed by atoms with E-state index < -0.39 is 0 Å². The standard InChI is InChI=1S/C15H18N2O2S/c1-11(14-4-3-9-20-14)17-15(18)16-10-12-5-7-13(19-2)8-6-12/h3-9,11H,10H2,1-2H3,(H2,16,17,18). The van der Waals surface area contributed by atoms with Crippen molar-refractivity contribution in [1.29, 1.82) is 0 Å². The van der Waals surface area contributed by atoms with Gasteiger partial charge in [0.25, 0.3) is 0 Å². The molecule has 0 saturated heterocycles. The Morgan fingerprint density at radius 3 is 2.65 bits per heavy atom. The molecule has 0 aliphatic rings. The van der Waals surface area contributed by atoms with E-state index in [1.807, 2.05) is 48.7 Å². The van der Waals surface area contributed by atoms with Gasteiger partial charge in [-0.1, -0.05) is 18.2 Å². The van der Waals surface area contributed by atoms with Crippen LogP contribution >= 0.6 is 11.3 Å². The van der Waals surface area contributed by atoms with E-state index in [9.17, 15) is 4.79 Å². The van der Waals surface area contributed by atoms with Gasteiger partial charge in [-0.3, -0.25) is 0 Å². The van der Waals surface area contributed by atoms with Gasteiger partial charge >= 0.3 is 6.03 Å². The predicted octanol–water partition coefficient (Wildman–Crippen LogP) is 3.32. The maximum absolute atomic E-state index is 11.8. The molecule has 1 atom stereocenters. The fraction of sp³-hybridized carbons (Fsp3) is 0.267. The van der Waals surface area contributed by atoms with E-state index in [1.165, 1.54) is 0 Å². The van der Waals surface area contributed by atoms with Crippen molar-refractivity contribution in [1.82, 2.24) is 10.6 Å². The van der Waals surface area contributed by atoms with Gasteiger partial charge in [0.05, 0.1) is 13.2 Å². The lowest BCUT2D eigenvalue weighted by molar-refractivity contribution is 0.237. The minimum Gasteiger partial charge on any atom is -0.497 e. The highest BCUT2D eigenvalue weighted by Gasteiger charge is 2.09. The number of urea groups is 1. The summed E-state index contributed by atoms with van der Waals surface area (Å²) in [6, 6.07) is 11.5. The van der Waals surface area contributed by atoms with E-state index in [1.54, 1.807) is 18.4 Å². The number of benzene rings is 1. The minimum absolute atomic E-state index is 0.0193. The highest BCUT2D eigenvalue weighted by molar-refractivity contribution is 7.10. The Morgan fingerprint density at radius 2 is 2.05 bits per heavy atom. The van der Waals surface area contributed by atoms with Gasteiger partial charge in [-0.05, 0) is 36.1 Å². The van der Waals surface area contributed by atoms with Gasteiger partial charge in [-0.15, -0.1) is 11.3 Å². The molecule has 0 bridgehead atoms. The van der Waals surface area contributed by atoms with Crippen LogP contribution in [0.25, 0.3) is 0 Å². The lowest BCUT2D eigenvalue weighted by atomic mass is 10.2. The molecule has 0 radical (unpaired) electrons. The molecule has 1 heterocycles. The number of methoxy groups -OCH3 is 1. The maximum Gasteiger partial charge on any atom is 0.315 e. The summed E-state index contributed by atoms with van der Waals surface area (Å²) in [6.45, 7) is 2.46. The quantitative estimate of drug-likeness (QED) is 0.887. The summed E-state index contributed by atoms with van der Waals surface area (Å²) in [7, 11) is 1.63. The fourth-order valence-corrected chi connectivity index (χ4v) is 2.52. The van der Waals surface area contributed by atoms with Crippen LogP contribution in [0, 0.1) is 0 Å². The molecule has 0 aliphatic carbocycles. The van der Waals surface area contributed by atoms with Crippen molar-refractivity contribution in [3.8, 4) is 5.75 Å². The Morgan fingerprint density at radius 1 is 1.30 bits per heavy atom. The molecule has 4 nitrogen and oxygen atoms in total. The zero-order chi connectivity index (χ0) is 14.4. The minimum atomic E-state index is -0.165. The summed E-state index contributed by atoms with van der Waals surface area (Å²) in [5.74, 6) is 0.810. The van der Waals surface area contributed by atoms with Crippen LogP contribution in [-0.2, 0) is 6.54 Å². The molecule has 2 amide bonds. The van der Waals surface area contributed by atoms with E-state index in [0.29, 0.717) is 6.54 Å². The third kappa shape index (κ3) is 3.99. The summed E-state index contributed by atoms with van der Waals surface area (Å²) in [5, 5.41) is 7.76. The molecular formula is C15H18N2O2S. The maximum atomic E-state index is 11.8. The van der Waals surface area contributed by atoms with Gasteiger partial charge in [0.15, 0.2) is 0 Å². The van der Waals surface area contributed by atoms with Crippen molar-refractivity contribution in [2.45, 2.75) is 19.5 Å². The molecule has 1 aromatic heterocycles. The molecule has 106 valence electrons. The van der Waals surface area contributed by atoms with Crippen LogP contribution in [0.1, 0.15) is 23.4 Å². The number of ether oxygens (including phenoxy) is 1. The third-order valence-electron chi connectivity index (χ3n) is 2.93. The van der Waals surface area contributed by atoms with Gasteiger partial charge in [0.1, 0.15) is 5.75 Å². The zero-order valence-electron chi connectivity index (χ0n) is 11.6. The first-order chi connectivity index (χ1) is 9.69. The zero-order valence-corrected chi connectivity index (χ0v) is 12.4. The van der Waals surface area contributed by atoms with Crippen LogP contribution in [0.3, 0.4) is 0 Å². The van der Waals surface area contributed by atoms with E-state index in [2.05, 4.69) is 10.6 Å². The molecule has 20 heavy (non-hydrogen) atoms. The molecule has 0 fully saturated rings. The van der Waals surface area contributed by atoms with Gasteiger partial charge in [-0.2, -0.15) is 0 Å². The van der Waals surface area contributed by atoms with Crippen molar-refractivity contribution in [3.63, 3.8) is 0 Å². The highest BCUT2D eigenvalue weighted by Crippen LogP contribution is 2.17. The molecule has 1 aromatic carbocycles. The summed E-state index contributed by atoms with van der Waals surface area (Å²) in [4.78, 5) is 12.9. The van der Waals surface area contributed by atoms with Gasteiger partial charge in [0.2, 0.25) is 0 Å². The van der Waals surface area contributed by atoms with Crippen molar-refractivity contribution in [2.75, 3.05) is 7.11 Å². The Labute approximate surface area is 122 Å². The highest BCUT2D eigenvalue weighted by atomic mass is 32.1. The fourth-order valence-electron chi connectivity index (χ4n) is 1.78. The van der Waals surface area contributed by atoms with E-state index in [-0.39, 0.29) is 12.1 Å². The lowest BCUT2D eigenvalue weighted by Gasteiger charge is -2.13. The molecule has 5 heteroatoms. The van der Waals surface area contributed by atoms with Crippen LogP contribution in [-0.4, -0.2) is 13.1 Å². The second-order valence-electron chi connectivity index (χ2n) is 4.41. The SMILES string of the molecule is COc1ccc(CNC(=O)NC(C)c2cccs2)cc1. The largest absolute Gasteiger partial charge is 0.497 e. The first-order valence-corrected chi connectivity index (χ1v) is 7.27. The Kier molecular flexibility index (Phi) is 5.01. The number of carbonyl (C=O) groups is 1. The average Bonchev–Trinajstić information content (AvgIpc) is 3.00. The number of nitrogens with one attached hydrogen (secondary N) is 2. The Bertz CT molecular complexity index is 538. The second-order valence-corrected chi connectivity index (χ2v) is 5.39. The number of hydrogen-bond acceptors (Lipinski definition) is 3. The molecule has 0 aliphatic heterocycles. The first kappa shape index (κ1) is 14.4. The summed E-state index contributed by atoms with van der Waals surface area (Å²) in [6.07, 6.45) is 0. The van der Waals surface area contributed by atoms with Crippen LogP contribution < -0.4 is 15.4 Å². The molecule has 0 saturated carbocycles. The third-order valence-corrected chi connectivity index (χ3v) is 3.98. The lowest BCUT2D eigenvalue weighted by Crippen LogP contribution is -2.36. The predicted molar refractivity (Wildman–Crippen MR) is 81.1 cm³/mol. The monoisotopic (exact) mass is 290 g/mol. The van der Waals surface area contributed by atoms with E-state index >= 15 is 0 Å². The topological polar surface area (TPSA) is 50.4 Å². The van der Waals surface area contributed by atoms with Crippen LogP contribution in [0.5, 0.6) is 5.75 Å². The Balaban J connectivity index is 1.79. The summed E-state index contributed by atoms with van der Waals surface area (Å²) < 4.78 is 5.09. The van der Waals surface area contributed by atoms with Crippen molar-refractivity contribution in [3.05, 3.63) is 52.2 Å².